The monoisotopic (exact) mass is 228 g/mol. The molecular weight excluding hydrogens is 220 g/mol. The second-order valence-electron chi connectivity index (χ2n) is 3.06. The van der Waals surface area contributed by atoms with Gasteiger partial charge in [0.05, 0.1) is 26.0 Å². The van der Waals surface area contributed by atoms with Gasteiger partial charge in [-0.1, -0.05) is 11.6 Å². The first-order chi connectivity index (χ1) is 7.22. The van der Waals surface area contributed by atoms with Gasteiger partial charge in [-0.05, 0) is 0 Å². The van der Waals surface area contributed by atoms with Gasteiger partial charge in [-0.3, -0.25) is 0 Å². The number of methoxy groups -OCH3 is 1. The van der Waals surface area contributed by atoms with E-state index in [4.69, 9.17) is 16.3 Å². The molecule has 15 heavy (non-hydrogen) atoms. The van der Waals surface area contributed by atoms with E-state index in [1.54, 1.807) is 0 Å². The average molecular weight is 229 g/mol. The van der Waals surface area contributed by atoms with Crippen molar-refractivity contribution in [2.75, 3.05) is 13.7 Å². The van der Waals surface area contributed by atoms with Crippen molar-refractivity contribution < 1.29 is 14.3 Å². The highest BCUT2D eigenvalue weighted by Gasteiger charge is 2.20. The summed E-state index contributed by atoms with van der Waals surface area (Å²) in [7, 11) is 1.28. The summed E-state index contributed by atoms with van der Waals surface area (Å²) in [5.41, 5.74) is 1.53. The first-order valence-corrected chi connectivity index (χ1v) is 4.81. The van der Waals surface area contributed by atoms with Crippen LogP contribution in [-0.4, -0.2) is 29.7 Å². The van der Waals surface area contributed by atoms with Crippen molar-refractivity contribution in [1.82, 2.24) is 9.97 Å². The third-order valence-electron chi connectivity index (χ3n) is 2.14. The van der Waals surface area contributed by atoms with Crippen LogP contribution in [0.1, 0.15) is 21.9 Å². The van der Waals surface area contributed by atoms with Gasteiger partial charge >= 0.3 is 5.97 Å². The molecule has 1 aromatic heterocycles. The van der Waals surface area contributed by atoms with E-state index in [-0.39, 0.29) is 11.0 Å². The predicted molar refractivity (Wildman–Crippen MR) is 51.7 cm³/mol. The van der Waals surface area contributed by atoms with Gasteiger partial charge in [0, 0.05) is 12.0 Å². The average Bonchev–Trinajstić information content (AvgIpc) is 2.28. The molecule has 1 aromatic rings. The molecule has 0 spiro atoms. The molecule has 0 unspecified atom stereocenters. The van der Waals surface area contributed by atoms with Gasteiger partial charge in [-0.15, -0.1) is 0 Å². The van der Waals surface area contributed by atoms with Gasteiger partial charge in [-0.25, -0.2) is 14.8 Å². The third kappa shape index (κ3) is 1.93. The molecule has 2 heterocycles. The molecular formula is C9H9ClN2O3. The van der Waals surface area contributed by atoms with Gasteiger partial charge < -0.3 is 9.47 Å². The Labute approximate surface area is 91.4 Å². The van der Waals surface area contributed by atoms with Gasteiger partial charge in [0.1, 0.15) is 5.15 Å². The van der Waals surface area contributed by atoms with Crippen LogP contribution < -0.4 is 0 Å². The molecule has 0 aliphatic carbocycles. The lowest BCUT2D eigenvalue weighted by Gasteiger charge is -2.16. The SMILES string of the molecule is COC(=O)c1nc(Cl)c2c(n1)CCOC2. The number of hydrogen-bond acceptors (Lipinski definition) is 5. The highest BCUT2D eigenvalue weighted by molar-refractivity contribution is 6.30. The third-order valence-corrected chi connectivity index (χ3v) is 2.45. The van der Waals surface area contributed by atoms with Crippen LogP contribution in [0.4, 0.5) is 0 Å². The van der Waals surface area contributed by atoms with Crippen LogP contribution in [0, 0.1) is 0 Å². The zero-order valence-electron chi connectivity index (χ0n) is 8.12. The number of nitrogens with zero attached hydrogens (tertiary/aromatic N) is 2. The van der Waals surface area contributed by atoms with E-state index in [1.807, 2.05) is 0 Å². The Balaban J connectivity index is 2.45. The quantitative estimate of drug-likeness (QED) is 0.530. The van der Waals surface area contributed by atoms with E-state index in [9.17, 15) is 4.79 Å². The largest absolute Gasteiger partial charge is 0.463 e. The van der Waals surface area contributed by atoms with E-state index in [0.717, 1.165) is 11.3 Å². The Hall–Kier alpha value is -1.20. The zero-order valence-corrected chi connectivity index (χ0v) is 8.87. The van der Waals surface area contributed by atoms with Crippen LogP contribution in [0.3, 0.4) is 0 Å². The Morgan fingerprint density at radius 3 is 3.07 bits per heavy atom. The van der Waals surface area contributed by atoms with Gasteiger partial charge in [0.2, 0.25) is 5.82 Å². The number of carbonyl (C=O) groups is 1. The Morgan fingerprint density at radius 2 is 2.33 bits per heavy atom. The molecule has 0 aromatic carbocycles. The topological polar surface area (TPSA) is 61.3 Å². The maximum atomic E-state index is 11.2. The van der Waals surface area contributed by atoms with E-state index in [0.29, 0.717) is 19.6 Å². The summed E-state index contributed by atoms with van der Waals surface area (Å²) in [6.07, 6.45) is 0.640. The fourth-order valence-corrected chi connectivity index (χ4v) is 1.62. The van der Waals surface area contributed by atoms with E-state index < -0.39 is 5.97 Å². The van der Waals surface area contributed by atoms with Crippen molar-refractivity contribution in [2.24, 2.45) is 0 Å². The number of halogens is 1. The second kappa shape index (κ2) is 4.12. The smallest absolute Gasteiger partial charge is 0.376 e. The Kier molecular flexibility index (Phi) is 2.83. The summed E-state index contributed by atoms with van der Waals surface area (Å²) < 4.78 is 9.75. The van der Waals surface area contributed by atoms with Crippen LogP contribution in [0.2, 0.25) is 5.15 Å². The molecule has 0 amide bonds. The number of carbonyl (C=O) groups excluding carboxylic acids is 1. The van der Waals surface area contributed by atoms with Crippen molar-refractivity contribution in [3.8, 4) is 0 Å². The normalized spacial score (nSPS) is 14.5. The standard InChI is InChI=1S/C9H9ClN2O3/c1-14-9(13)8-11-6-2-3-15-4-5(6)7(10)12-8/h2-4H2,1H3. The van der Waals surface area contributed by atoms with Gasteiger partial charge in [0.25, 0.3) is 0 Å². The van der Waals surface area contributed by atoms with E-state index in [2.05, 4.69) is 14.7 Å². The first-order valence-electron chi connectivity index (χ1n) is 4.43. The van der Waals surface area contributed by atoms with Crippen molar-refractivity contribution in [3.63, 3.8) is 0 Å². The second-order valence-corrected chi connectivity index (χ2v) is 3.42. The molecule has 0 atom stereocenters. The highest BCUT2D eigenvalue weighted by Crippen LogP contribution is 2.21. The molecule has 0 N–H and O–H groups in total. The van der Waals surface area contributed by atoms with Crippen molar-refractivity contribution >= 4 is 17.6 Å². The summed E-state index contributed by atoms with van der Waals surface area (Å²) >= 11 is 5.91. The Morgan fingerprint density at radius 1 is 1.53 bits per heavy atom. The molecule has 2 rings (SSSR count). The molecule has 0 bridgehead atoms. The molecule has 5 nitrogen and oxygen atoms in total. The van der Waals surface area contributed by atoms with E-state index >= 15 is 0 Å². The summed E-state index contributed by atoms with van der Waals surface area (Å²) in [6.45, 7) is 0.983. The number of aromatic nitrogens is 2. The minimum Gasteiger partial charge on any atom is -0.463 e. The maximum absolute atomic E-state index is 11.2. The lowest BCUT2D eigenvalue weighted by atomic mass is 10.1. The number of rotatable bonds is 1. The summed E-state index contributed by atoms with van der Waals surface area (Å²) in [5, 5.41) is 0.264. The summed E-state index contributed by atoms with van der Waals surface area (Å²) in [4.78, 5) is 19.2. The summed E-state index contributed by atoms with van der Waals surface area (Å²) in [6, 6.07) is 0. The van der Waals surface area contributed by atoms with E-state index in [1.165, 1.54) is 7.11 Å². The zero-order chi connectivity index (χ0) is 10.8. The number of fused-ring (bicyclic) bond motifs is 1. The predicted octanol–water partition coefficient (Wildman–Crippen LogP) is 0.989. The minimum absolute atomic E-state index is 0.00292. The van der Waals surface area contributed by atoms with Crippen molar-refractivity contribution in [1.29, 1.82) is 0 Å². The van der Waals surface area contributed by atoms with Crippen LogP contribution in [0.25, 0.3) is 0 Å². The number of esters is 1. The molecule has 1 aliphatic rings. The first kappa shape index (κ1) is 10.3. The fourth-order valence-electron chi connectivity index (χ4n) is 1.38. The minimum atomic E-state index is -0.578. The fraction of sp³-hybridized carbons (Fsp3) is 0.444. The van der Waals surface area contributed by atoms with Crippen LogP contribution in [-0.2, 0) is 22.5 Å². The number of ether oxygens (including phenoxy) is 2. The molecule has 1 aliphatic heterocycles. The lowest BCUT2D eigenvalue weighted by Crippen LogP contribution is -2.17. The molecule has 80 valence electrons. The van der Waals surface area contributed by atoms with Gasteiger partial charge in [-0.2, -0.15) is 0 Å². The van der Waals surface area contributed by atoms with Crippen molar-refractivity contribution in [2.45, 2.75) is 13.0 Å². The molecule has 0 radical (unpaired) electrons. The molecule has 0 saturated heterocycles. The van der Waals surface area contributed by atoms with Crippen molar-refractivity contribution in [3.05, 3.63) is 22.2 Å². The summed E-state index contributed by atoms with van der Waals surface area (Å²) in [5.74, 6) is -0.575. The lowest BCUT2D eigenvalue weighted by molar-refractivity contribution is 0.0584. The maximum Gasteiger partial charge on any atom is 0.376 e. The highest BCUT2D eigenvalue weighted by atomic mass is 35.5. The molecule has 0 fully saturated rings. The Bertz CT molecular complexity index is 409. The molecule has 6 heteroatoms. The van der Waals surface area contributed by atoms with Gasteiger partial charge in [0.15, 0.2) is 0 Å². The van der Waals surface area contributed by atoms with Crippen LogP contribution in [0.15, 0.2) is 0 Å². The van der Waals surface area contributed by atoms with Crippen LogP contribution in [0.5, 0.6) is 0 Å². The number of hydrogen-bond donors (Lipinski definition) is 0. The molecule has 0 saturated carbocycles. The van der Waals surface area contributed by atoms with Crippen LogP contribution >= 0.6 is 11.6 Å².